The number of benzene rings is 3. The van der Waals surface area contributed by atoms with Crippen molar-refractivity contribution in [2.45, 2.75) is 31.6 Å². The highest BCUT2D eigenvalue weighted by Gasteiger charge is 2.54. The molecule has 3 nitrogen and oxygen atoms in total. The van der Waals surface area contributed by atoms with E-state index in [-0.39, 0.29) is 17.3 Å². The Bertz CT molecular complexity index is 1070. The second-order valence-corrected chi connectivity index (χ2v) is 9.34. The maximum atomic E-state index is 13.2. The van der Waals surface area contributed by atoms with Crippen LogP contribution in [-0.4, -0.2) is 36.2 Å². The summed E-state index contributed by atoms with van der Waals surface area (Å²) >= 11 is 0. The summed E-state index contributed by atoms with van der Waals surface area (Å²) in [6, 6.07) is 32.3. The van der Waals surface area contributed by atoms with Crippen molar-refractivity contribution in [3.05, 3.63) is 108 Å². The molecule has 2 unspecified atom stereocenters. The minimum absolute atomic E-state index is 0.0389. The zero-order chi connectivity index (χ0) is 22.7. The van der Waals surface area contributed by atoms with Crippen LogP contribution in [0.3, 0.4) is 0 Å². The van der Waals surface area contributed by atoms with Gasteiger partial charge in [0.1, 0.15) is 11.6 Å². The van der Waals surface area contributed by atoms with Gasteiger partial charge in [-0.2, -0.15) is 0 Å². The molecule has 0 amide bonds. The summed E-state index contributed by atoms with van der Waals surface area (Å²) in [6.45, 7) is 4.49. The van der Waals surface area contributed by atoms with E-state index in [1.54, 1.807) is 0 Å². The number of rotatable bonds is 5. The molecule has 0 radical (unpaired) electrons. The first-order chi connectivity index (χ1) is 16.2. The number of amidine groups is 1. The molecule has 2 fully saturated rings. The monoisotopic (exact) mass is 436 g/mol. The zero-order valence-electron chi connectivity index (χ0n) is 19.4. The van der Waals surface area contributed by atoms with Crippen LogP contribution in [0.2, 0.25) is 0 Å². The van der Waals surface area contributed by atoms with E-state index in [1.807, 2.05) is 0 Å². The molecule has 1 saturated carbocycles. The van der Waals surface area contributed by atoms with Gasteiger partial charge in [-0.05, 0) is 30.0 Å². The molecule has 33 heavy (non-hydrogen) atoms. The number of carbonyl (C=O) groups is 1. The van der Waals surface area contributed by atoms with Crippen LogP contribution < -0.4 is 0 Å². The van der Waals surface area contributed by atoms with Gasteiger partial charge in [-0.15, -0.1) is 0 Å². The van der Waals surface area contributed by atoms with Gasteiger partial charge in [0.15, 0.2) is 0 Å². The summed E-state index contributed by atoms with van der Waals surface area (Å²) in [5.41, 5.74) is 3.78. The van der Waals surface area contributed by atoms with Gasteiger partial charge < -0.3 is 4.90 Å². The first-order valence-corrected chi connectivity index (χ1v) is 12.2. The van der Waals surface area contributed by atoms with Crippen molar-refractivity contribution in [2.24, 2.45) is 16.8 Å². The topological polar surface area (TPSA) is 32.7 Å². The van der Waals surface area contributed by atoms with E-state index in [1.165, 1.54) is 16.7 Å². The molecule has 0 aromatic heterocycles. The summed E-state index contributed by atoms with van der Waals surface area (Å²) in [4.78, 5) is 20.6. The largest absolute Gasteiger partial charge is 0.359 e. The summed E-state index contributed by atoms with van der Waals surface area (Å²) in [5, 5.41) is 0. The van der Waals surface area contributed by atoms with E-state index < -0.39 is 0 Å². The Morgan fingerprint density at radius 3 is 2.03 bits per heavy atom. The lowest BCUT2D eigenvalue weighted by atomic mass is 9.56. The molecule has 168 valence electrons. The van der Waals surface area contributed by atoms with Crippen LogP contribution in [0, 0.1) is 11.8 Å². The summed E-state index contributed by atoms with van der Waals surface area (Å²) < 4.78 is 0. The van der Waals surface area contributed by atoms with Gasteiger partial charge in [-0.25, -0.2) is 0 Å². The Morgan fingerprint density at radius 2 is 1.45 bits per heavy atom. The molecule has 1 aliphatic heterocycles. The highest BCUT2D eigenvalue weighted by Crippen LogP contribution is 2.52. The predicted molar refractivity (Wildman–Crippen MR) is 135 cm³/mol. The van der Waals surface area contributed by atoms with Crippen molar-refractivity contribution in [1.82, 2.24) is 4.90 Å². The van der Waals surface area contributed by atoms with E-state index in [0.717, 1.165) is 38.3 Å². The quantitative estimate of drug-likeness (QED) is 0.388. The van der Waals surface area contributed by atoms with Crippen molar-refractivity contribution >= 4 is 11.6 Å². The number of nitrogens with zero attached hydrogens (tertiary/aromatic N) is 2. The van der Waals surface area contributed by atoms with E-state index in [0.29, 0.717) is 12.2 Å². The van der Waals surface area contributed by atoms with E-state index in [2.05, 4.69) is 103 Å². The Labute approximate surface area is 197 Å². The molecule has 2 atom stereocenters. The van der Waals surface area contributed by atoms with Crippen molar-refractivity contribution in [1.29, 1.82) is 0 Å². The lowest BCUT2D eigenvalue weighted by Gasteiger charge is -2.45. The number of fused-ring (bicyclic) bond motifs is 1. The SMILES string of the molecule is CCN=C(Cc1ccccc1)N1CC2C(=O)CCC(c3ccccc3)(c3ccccc3)C2C1. The molecule has 3 aromatic rings. The second-order valence-electron chi connectivity index (χ2n) is 9.34. The normalized spacial score (nSPS) is 22.3. The number of carbonyl (C=O) groups excluding carboxylic acids is 1. The standard InChI is InChI=1S/C30H32N2O/c1-2-31-29(20-23-12-6-3-7-13-23)32-21-26-27(22-32)30(19-18-28(26)33,24-14-8-4-9-15-24)25-16-10-5-11-17-25/h3-17,26-27H,2,18-22H2,1H3. The third-order valence-corrected chi connectivity index (χ3v) is 7.62. The van der Waals surface area contributed by atoms with Crippen LogP contribution in [0.4, 0.5) is 0 Å². The number of aliphatic imine (C=N–C) groups is 1. The van der Waals surface area contributed by atoms with E-state index in [4.69, 9.17) is 4.99 Å². The van der Waals surface area contributed by atoms with Crippen LogP contribution in [0.5, 0.6) is 0 Å². The van der Waals surface area contributed by atoms with Crippen molar-refractivity contribution < 1.29 is 4.79 Å². The first kappa shape index (κ1) is 21.6. The van der Waals surface area contributed by atoms with Gasteiger partial charge >= 0.3 is 0 Å². The average molecular weight is 437 g/mol. The average Bonchev–Trinajstić information content (AvgIpc) is 3.33. The molecule has 1 heterocycles. The lowest BCUT2D eigenvalue weighted by molar-refractivity contribution is -0.126. The predicted octanol–water partition coefficient (Wildman–Crippen LogP) is 5.54. The van der Waals surface area contributed by atoms with Crippen LogP contribution in [0.1, 0.15) is 36.5 Å². The molecule has 0 N–H and O–H groups in total. The Morgan fingerprint density at radius 1 is 0.879 bits per heavy atom. The van der Waals surface area contributed by atoms with Gasteiger partial charge in [0, 0.05) is 49.7 Å². The number of Topliss-reactive ketones (excluding diaryl/α,β-unsaturated/α-hetero) is 1. The molecule has 0 bridgehead atoms. The first-order valence-electron chi connectivity index (χ1n) is 12.2. The Kier molecular flexibility index (Phi) is 6.13. The maximum absolute atomic E-state index is 13.2. The van der Waals surface area contributed by atoms with Crippen LogP contribution in [0.15, 0.2) is 96.0 Å². The molecule has 1 aliphatic carbocycles. The van der Waals surface area contributed by atoms with Crippen LogP contribution >= 0.6 is 0 Å². The molecule has 5 rings (SSSR count). The lowest BCUT2D eigenvalue weighted by Crippen LogP contribution is -2.47. The fourth-order valence-electron chi connectivity index (χ4n) is 6.11. The van der Waals surface area contributed by atoms with E-state index in [9.17, 15) is 4.79 Å². The van der Waals surface area contributed by atoms with Crippen LogP contribution in [-0.2, 0) is 16.6 Å². The minimum Gasteiger partial charge on any atom is -0.359 e. The maximum Gasteiger partial charge on any atom is 0.138 e. The van der Waals surface area contributed by atoms with Gasteiger partial charge in [-0.1, -0.05) is 91.0 Å². The number of hydrogen-bond acceptors (Lipinski definition) is 2. The van der Waals surface area contributed by atoms with Gasteiger partial charge in [0.25, 0.3) is 0 Å². The summed E-state index contributed by atoms with van der Waals surface area (Å²) in [6.07, 6.45) is 2.32. The number of ketones is 1. The highest BCUT2D eigenvalue weighted by atomic mass is 16.1. The van der Waals surface area contributed by atoms with Crippen molar-refractivity contribution in [2.75, 3.05) is 19.6 Å². The molecule has 2 aliphatic rings. The fourth-order valence-corrected chi connectivity index (χ4v) is 6.11. The molecule has 3 aromatic carbocycles. The smallest absolute Gasteiger partial charge is 0.138 e. The van der Waals surface area contributed by atoms with Gasteiger partial charge in [0.2, 0.25) is 0 Å². The zero-order valence-corrected chi connectivity index (χ0v) is 19.4. The number of likely N-dealkylation sites (tertiary alicyclic amines) is 1. The fraction of sp³-hybridized carbons (Fsp3) is 0.333. The third kappa shape index (κ3) is 4.01. The molecular weight excluding hydrogens is 404 g/mol. The Hall–Kier alpha value is -3.20. The van der Waals surface area contributed by atoms with Gasteiger partial charge in [0.05, 0.1) is 0 Å². The third-order valence-electron chi connectivity index (χ3n) is 7.62. The second kappa shape index (κ2) is 9.35. The minimum atomic E-state index is -0.153. The molecular formula is C30H32N2O. The highest BCUT2D eigenvalue weighted by molar-refractivity contribution is 5.88. The van der Waals surface area contributed by atoms with Crippen LogP contribution in [0.25, 0.3) is 0 Å². The van der Waals surface area contributed by atoms with Crippen molar-refractivity contribution in [3.63, 3.8) is 0 Å². The molecule has 3 heteroatoms. The summed E-state index contributed by atoms with van der Waals surface area (Å²) in [5.74, 6) is 1.81. The number of hydrogen-bond donors (Lipinski definition) is 0. The van der Waals surface area contributed by atoms with Crippen molar-refractivity contribution in [3.8, 4) is 0 Å². The van der Waals surface area contributed by atoms with Gasteiger partial charge in [-0.3, -0.25) is 9.79 Å². The molecule has 0 spiro atoms. The molecule has 1 saturated heterocycles. The Balaban J connectivity index is 1.55. The van der Waals surface area contributed by atoms with E-state index >= 15 is 0 Å². The summed E-state index contributed by atoms with van der Waals surface area (Å²) in [7, 11) is 0.